The highest BCUT2D eigenvalue weighted by Gasteiger charge is 2.53. The normalized spacial score (nSPS) is 29.9. The van der Waals surface area contributed by atoms with E-state index in [0.29, 0.717) is 6.54 Å². The number of amides is 1. The highest BCUT2D eigenvalue weighted by atomic mass is 16.5. The molecule has 164 valence electrons. The zero-order valence-electron chi connectivity index (χ0n) is 18.2. The van der Waals surface area contributed by atoms with E-state index >= 15 is 0 Å². The smallest absolute Gasteiger partial charge is 0.236 e. The molecular weight excluding hydrogens is 380 g/mol. The SMILES string of the molecule is CC1(C)Oc2cc(O)ccc2[C@H]2OCC3(CCN(C(=O)CN4CCCC4)CC3)C[C@@H]21. The predicted molar refractivity (Wildman–Crippen MR) is 114 cm³/mol. The molecule has 0 bridgehead atoms. The summed E-state index contributed by atoms with van der Waals surface area (Å²) in [6.45, 7) is 9.38. The van der Waals surface area contributed by atoms with Crippen molar-refractivity contribution < 1.29 is 19.4 Å². The summed E-state index contributed by atoms with van der Waals surface area (Å²) in [7, 11) is 0. The topological polar surface area (TPSA) is 62.2 Å². The lowest BCUT2D eigenvalue weighted by atomic mass is 9.64. The highest BCUT2D eigenvalue weighted by Crippen LogP contribution is 2.55. The summed E-state index contributed by atoms with van der Waals surface area (Å²) < 4.78 is 12.8. The fourth-order valence-corrected chi connectivity index (χ4v) is 5.95. The van der Waals surface area contributed by atoms with E-state index in [0.717, 1.165) is 63.4 Å². The number of aromatic hydroxyl groups is 1. The van der Waals surface area contributed by atoms with Gasteiger partial charge in [-0.3, -0.25) is 9.69 Å². The fourth-order valence-electron chi connectivity index (χ4n) is 5.95. The van der Waals surface area contributed by atoms with E-state index in [1.165, 1.54) is 12.8 Å². The minimum Gasteiger partial charge on any atom is -0.508 e. The summed E-state index contributed by atoms with van der Waals surface area (Å²) in [5.41, 5.74) is 0.813. The van der Waals surface area contributed by atoms with Crippen molar-refractivity contribution in [2.45, 2.75) is 57.7 Å². The summed E-state index contributed by atoms with van der Waals surface area (Å²) in [5, 5.41) is 9.86. The van der Waals surface area contributed by atoms with Crippen LogP contribution in [0.15, 0.2) is 18.2 Å². The van der Waals surface area contributed by atoms with Crippen LogP contribution in [0, 0.1) is 11.3 Å². The lowest BCUT2D eigenvalue weighted by Crippen LogP contribution is -2.55. The van der Waals surface area contributed by atoms with Gasteiger partial charge in [-0.15, -0.1) is 0 Å². The molecule has 1 spiro atoms. The minimum atomic E-state index is -0.360. The Kier molecular flexibility index (Phi) is 4.98. The van der Waals surface area contributed by atoms with Crippen LogP contribution < -0.4 is 4.74 Å². The van der Waals surface area contributed by atoms with Crippen molar-refractivity contribution in [1.29, 1.82) is 0 Å². The van der Waals surface area contributed by atoms with Gasteiger partial charge in [0.2, 0.25) is 5.91 Å². The Labute approximate surface area is 179 Å². The Hall–Kier alpha value is -1.79. The van der Waals surface area contributed by atoms with Crippen LogP contribution in [0.4, 0.5) is 0 Å². The zero-order valence-corrected chi connectivity index (χ0v) is 18.2. The first-order valence-electron chi connectivity index (χ1n) is 11.5. The second-order valence-electron chi connectivity index (χ2n) is 10.3. The quantitative estimate of drug-likeness (QED) is 0.804. The van der Waals surface area contributed by atoms with Gasteiger partial charge in [-0.1, -0.05) is 0 Å². The van der Waals surface area contributed by atoms with Crippen molar-refractivity contribution in [3.8, 4) is 11.5 Å². The molecule has 0 saturated carbocycles. The summed E-state index contributed by atoms with van der Waals surface area (Å²) in [5.74, 6) is 1.51. The van der Waals surface area contributed by atoms with Crippen LogP contribution in [0.1, 0.15) is 57.6 Å². The number of carbonyl (C=O) groups excluding carboxylic acids is 1. The van der Waals surface area contributed by atoms with Crippen molar-refractivity contribution >= 4 is 5.91 Å². The third-order valence-corrected chi connectivity index (χ3v) is 7.89. The maximum Gasteiger partial charge on any atom is 0.236 e. The lowest BCUT2D eigenvalue weighted by Gasteiger charge is -2.54. The summed E-state index contributed by atoms with van der Waals surface area (Å²) >= 11 is 0. The van der Waals surface area contributed by atoms with Gasteiger partial charge in [0.15, 0.2) is 0 Å². The van der Waals surface area contributed by atoms with Gasteiger partial charge >= 0.3 is 0 Å². The molecule has 4 heterocycles. The number of benzene rings is 1. The number of phenols is 1. The maximum atomic E-state index is 12.7. The van der Waals surface area contributed by atoms with Gasteiger partial charge in [-0.25, -0.2) is 0 Å². The standard InChI is InChI=1S/C24H34N2O4/c1-23(2)19-14-24(16-29-22(19)18-6-5-17(27)13-20(18)30-23)7-11-26(12-8-24)21(28)15-25-9-3-4-10-25/h5-6,13,19,22,27H,3-4,7-12,14-16H2,1-2H3/t19-,22+/m0/s1. The van der Waals surface area contributed by atoms with Crippen molar-refractivity contribution in [3.63, 3.8) is 0 Å². The Morgan fingerprint density at radius 3 is 2.63 bits per heavy atom. The molecule has 4 aliphatic heterocycles. The molecule has 6 heteroatoms. The van der Waals surface area contributed by atoms with Gasteiger partial charge in [0.25, 0.3) is 0 Å². The van der Waals surface area contributed by atoms with Gasteiger partial charge in [0.05, 0.1) is 19.3 Å². The van der Waals surface area contributed by atoms with Crippen molar-refractivity contribution in [2.75, 3.05) is 39.3 Å². The van der Waals surface area contributed by atoms with Crippen molar-refractivity contribution in [1.82, 2.24) is 9.80 Å². The highest BCUT2D eigenvalue weighted by molar-refractivity contribution is 5.78. The molecule has 1 aromatic carbocycles. The van der Waals surface area contributed by atoms with Gasteiger partial charge in [0.1, 0.15) is 17.1 Å². The van der Waals surface area contributed by atoms with Gasteiger partial charge < -0.3 is 19.5 Å². The van der Waals surface area contributed by atoms with Crippen molar-refractivity contribution in [3.05, 3.63) is 23.8 Å². The first-order valence-corrected chi connectivity index (χ1v) is 11.5. The van der Waals surface area contributed by atoms with Crippen LogP contribution in [0.2, 0.25) is 0 Å². The number of fused-ring (bicyclic) bond motifs is 3. The second-order valence-corrected chi connectivity index (χ2v) is 10.3. The Morgan fingerprint density at radius 1 is 1.17 bits per heavy atom. The molecule has 3 fully saturated rings. The van der Waals surface area contributed by atoms with Gasteiger partial charge in [-0.2, -0.15) is 0 Å². The second kappa shape index (κ2) is 7.41. The Bertz CT molecular complexity index is 809. The predicted octanol–water partition coefficient (Wildman–Crippen LogP) is 3.35. The largest absolute Gasteiger partial charge is 0.508 e. The number of nitrogens with zero attached hydrogens (tertiary/aromatic N) is 2. The third kappa shape index (κ3) is 3.58. The molecule has 4 aliphatic rings. The first-order chi connectivity index (χ1) is 14.4. The lowest BCUT2D eigenvalue weighted by molar-refractivity contribution is -0.176. The third-order valence-electron chi connectivity index (χ3n) is 7.89. The number of hydrogen-bond donors (Lipinski definition) is 1. The maximum absolute atomic E-state index is 12.7. The van der Waals surface area contributed by atoms with Crippen molar-refractivity contribution in [2.24, 2.45) is 11.3 Å². The van der Waals surface area contributed by atoms with Crippen LogP contribution in [0.5, 0.6) is 11.5 Å². The van der Waals surface area contributed by atoms with E-state index in [4.69, 9.17) is 9.47 Å². The summed E-state index contributed by atoms with van der Waals surface area (Å²) in [6.07, 6.45) is 5.50. The summed E-state index contributed by atoms with van der Waals surface area (Å²) in [6, 6.07) is 5.36. The average molecular weight is 415 g/mol. The molecule has 2 atom stereocenters. The molecular formula is C24H34N2O4. The van der Waals surface area contributed by atoms with E-state index in [2.05, 4.69) is 23.6 Å². The number of likely N-dealkylation sites (tertiary alicyclic amines) is 2. The monoisotopic (exact) mass is 414 g/mol. The summed E-state index contributed by atoms with van der Waals surface area (Å²) in [4.78, 5) is 17.1. The van der Waals surface area contributed by atoms with Crippen LogP contribution in [-0.4, -0.2) is 65.7 Å². The van der Waals surface area contributed by atoms with Gasteiger partial charge in [-0.05, 0) is 76.6 Å². The molecule has 0 aromatic heterocycles. The molecule has 0 unspecified atom stereocenters. The number of piperidine rings is 1. The number of hydrogen-bond acceptors (Lipinski definition) is 5. The van der Waals surface area contributed by atoms with Crippen LogP contribution >= 0.6 is 0 Å². The first kappa shape index (κ1) is 20.1. The average Bonchev–Trinajstić information content (AvgIpc) is 3.21. The van der Waals surface area contributed by atoms with E-state index in [-0.39, 0.29) is 34.7 Å². The van der Waals surface area contributed by atoms with E-state index in [9.17, 15) is 9.90 Å². The van der Waals surface area contributed by atoms with Gasteiger partial charge in [0, 0.05) is 30.6 Å². The molecule has 0 aliphatic carbocycles. The molecule has 5 rings (SSSR count). The number of rotatable bonds is 2. The zero-order chi connectivity index (χ0) is 20.9. The molecule has 3 saturated heterocycles. The van der Waals surface area contributed by atoms with Crippen LogP contribution in [-0.2, 0) is 9.53 Å². The number of phenolic OH excluding ortho intramolecular Hbond substituents is 1. The molecule has 30 heavy (non-hydrogen) atoms. The van der Waals surface area contributed by atoms with E-state index in [1.54, 1.807) is 12.1 Å². The fraction of sp³-hybridized carbons (Fsp3) is 0.708. The van der Waals surface area contributed by atoms with E-state index < -0.39 is 0 Å². The molecule has 0 radical (unpaired) electrons. The minimum absolute atomic E-state index is 0.00445. The number of carbonyl (C=O) groups is 1. The molecule has 1 N–H and O–H groups in total. The molecule has 1 aromatic rings. The number of ether oxygens (including phenoxy) is 2. The van der Waals surface area contributed by atoms with E-state index in [1.807, 2.05) is 6.07 Å². The molecule has 1 amide bonds. The van der Waals surface area contributed by atoms with Crippen LogP contribution in [0.25, 0.3) is 0 Å². The Balaban J connectivity index is 1.26. The van der Waals surface area contributed by atoms with Crippen LogP contribution in [0.3, 0.4) is 0 Å². The Morgan fingerprint density at radius 2 is 1.90 bits per heavy atom. The molecule has 6 nitrogen and oxygen atoms in total.